The molecule has 0 spiro atoms. The summed E-state index contributed by atoms with van der Waals surface area (Å²) in [7, 11) is 3.43. The molecule has 0 atom stereocenters. The number of alkyl halides is 1. The maximum Gasteiger partial charge on any atom is 0.222 e. The molecule has 1 amide bonds. The third kappa shape index (κ3) is 4.27. The summed E-state index contributed by atoms with van der Waals surface area (Å²) in [5.41, 5.74) is 1.01. The molecule has 0 bridgehead atoms. The molecule has 0 aliphatic rings. The highest BCUT2D eigenvalue weighted by atomic mass is 35.5. The van der Waals surface area contributed by atoms with Gasteiger partial charge in [-0.25, -0.2) is 0 Å². The average Bonchev–Trinajstić information content (AvgIpc) is 2.36. The van der Waals surface area contributed by atoms with Gasteiger partial charge in [0.25, 0.3) is 0 Å². The second kappa shape index (κ2) is 7.17. The van der Waals surface area contributed by atoms with Crippen molar-refractivity contribution < 1.29 is 9.53 Å². The van der Waals surface area contributed by atoms with Crippen LogP contribution in [0, 0.1) is 0 Å². The number of methoxy groups -OCH3 is 1. The van der Waals surface area contributed by atoms with Crippen LogP contribution in [0.3, 0.4) is 0 Å². The normalized spacial score (nSPS) is 10.1. The van der Waals surface area contributed by atoms with Crippen molar-refractivity contribution in [1.29, 1.82) is 0 Å². The Morgan fingerprint density at radius 1 is 1.41 bits per heavy atom. The Labute approximate surface area is 107 Å². The van der Waals surface area contributed by atoms with Crippen LogP contribution in [-0.2, 0) is 11.3 Å². The Balaban J connectivity index is 2.60. The van der Waals surface area contributed by atoms with Crippen LogP contribution in [0.1, 0.15) is 18.4 Å². The Hall–Kier alpha value is -1.22. The van der Waals surface area contributed by atoms with Gasteiger partial charge in [-0.2, -0.15) is 0 Å². The SMILES string of the molecule is COc1ccccc1CN(C)C(=O)CCCCl. The molecule has 3 nitrogen and oxygen atoms in total. The molecule has 1 aromatic carbocycles. The van der Waals surface area contributed by atoms with Crippen molar-refractivity contribution in [1.82, 2.24) is 4.90 Å². The van der Waals surface area contributed by atoms with Gasteiger partial charge in [0, 0.05) is 31.5 Å². The lowest BCUT2D eigenvalue weighted by molar-refractivity contribution is -0.130. The van der Waals surface area contributed by atoms with Gasteiger partial charge < -0.3 is 9.64 Å². The molecular weight excluding hydrogens is 238 g/mol. The van der Waals surface area contributed by atoms with Crippen molar-refractivity contribution in [2.24, 2.45) is 0 Å². The van der Waals surface area contributed by atoms with Gasteiger partial charge in [0.1, 0.15) is 5.75 Å². The number of para-hydroxylation sites is 1. The number of rotatable bonds is 6. The van der Waals surface area contributed by atoms with Gasteiger partial charge in [-0.1, -0.05) is 18.2 Å². The molecule has 0 radical (unpaired) electrons. The summed E-state index contributed by atoms with van der Waals surface area (Å²) in [5, 5.41) is 0. The highest BCUT2D eigenvalue weighted by molar-refractivity contribution is 6.17. The first-order chi connectivity index (χ1) is 8.19. The van der Waals surface area contributed by atoms with Gasteiger partial charge in [-0.15, -0.1) is 11.6 Å². The minimum Gasteiger partial charge on any atom is -0.496 e. The van der Waals surface area contributed by atoms with Gasteiger partial charge in [0.05, 0.1) is 7.11 Å². The van der Waals surface area contributed by atoms with Gasteiger partial charge in [0.15, 0.2) is 0 Å². The van der Waals surface area contributed by atoms with Crippen LogP contribution < -0.4 is 4.74 Å². The highest BCUT2D eigenvalue weighted by Gasteiger charge is 2.10. The van der Waals surface area contributed by atoms with E-state index in [1.165, 1.54) is 0 Å². The number of nitrogens with zero attached hydrogens (tertiary/aromatic N) is 1. The van der Waals surface area contributed by atoms with Gasteiger partial charge in [-0.05, 0) is 12.5 Å². The standard InChI is InChI=1S/C13H18ClNO2/c1-15(13(16)8-5-9-14)10-11-6-3-4-7-12(11)17-2/h3-4,6-7H,5,8-10H2,1-2H3. The Morgan fingerprint density at radius 3 is 2.76 bits per heavy atom. The summed E-state index contributed by atoms with van der Waals surface area (Å²) in [6.45, 7) is 0.561. The van der Waals surface area contributed by atoms with Crippen LogP contribution in [0.5, 0.6) is 5.75 Å². The molecule has 94 valence electrons. The topological polar surface area (TPSA) is 29.5 Å². The molecule has 0 aliphatic carbocycles. The molecule has 0 N–H and O–H groups in total. The van der Waals surface area contributed by atoms with E-state index in [0.29, 0.717) is 18.8 Å². The van der Waals surface area contributed by atoms with E-state index in [1.54, 1.807) is 19.1 Å². The molecule has 0 aliphatic heterocycles. The zero-order valence-electron chi connectivity index (χ0n) is 10.3. The third-order valence-electron chi connectivity index (χ3n) is 2.55. The maximum absolute atomic E-state index is 11.7. The van der Waals surface area contributed by atoms with Crippen molar-refractivity contribution in [3.8, 4) is 5.75 Å². The summed E-state index contributed by atoms with van der Waals surface area (Å²) < 4.78 is 5.25. The second-order valence-electron chi connectivity index (χ2n) is 3.85. The summed E-state index contributed by atoms with van der Waals surface area (Å²) in [4.78, 5) is 13.4. The monoisotopic (exact) mass is 255 g/mol. The van der Waals surface area contributed by atoms with Crippen LogP contribution in [-0.4, -0.2) is 30.8 Å². The summed E-state index contributed by atoms with van der Waals surface area (Å²) in [5.74, 6) is 1.44. The molecule has 0 saturated heterocycles. The molecule has 0 unspecified atom stereocenters. The van der Waals surface area contributed by atoms with Crippen LogP contribution >= 0.6 is 11.6 Å². The summed E-state index contributed by atoms with van der Waals surface area (Å²) in [6.07, 6.45) is 1.21. The van der Waals surface area contributed by atoms with Crippen LogP contribution in [0.2, 0.25) is 0 Å². The molecule has 1 aromatic rings. The molecule has 1 rings (SSSR count). The summed E-state index contributed by atoms with van der Waals surface area (Å²) >= 11 is 5.57. The Bertz CT molecular complexity index is 368. The van der Waals surface area contributed by atoms with Crippen molar-refractivity contribution in [3.63, 3.8) is 0 Å². The maximum atomic E-state index is 11.7. The first-order valence-corrected chi connectivity index (χ1v) is 6.14. The van der Waals surface area contributed by atoms with E-state index in [2.05, 4.69) is 0 Å². The van der Waals surface area contributed by atoms with E-state index < -0.39 is 0 Å². The minimum absolute atomic E-state index is 0.108. The fraction of sp³-hybridized carbons (Fsp3) is 0.462. The van der Waals surface area contributed by atoms with Gasteiger partial charge in [0.2, 0.25) is 5.91 Å². The lowest BCUT2D eigenvalue weighted by Crippen LogP contribution is -2.26. The number of carbonyl (C=O) groups is 1. The smallest absolute Gasteiger partial charge is 0.222 e. The quantitative estimate of drug-likeness (QED) is 0.732. The fourth-order valence-corrected chi connectivity index (χ4v) is 1.72. The number of carbonyl (C=O) groups excluding carboxylic acids is 1. The molecule has 17 heavy (non-hydrogen) atoms. The Kier molecular flexibility index (Phi) is 5.84. The second-order valence-corrected chi connectivity index (χ2v) is 4.23. The number of hydrogen-bond acceptors (Lipinski definition) is 2. The van der Waals surface area contributed by atoms with E-state index in [-0.39, 0.29) is 5.91 Å². The van der Waals surface area contributed by atoms with Crippen molar-refractivity contribution in [2.45, 2.75) is 19.4 Å². The molecule has 0 saturated carbocycles. The van der Waals surface area contributed by atoms with E-state index in [1.807, 2.05) is 24.3 Å². The Morgan fingerprint density at radius 2 is 2.12 bits per heavy atom. The fourth-order valence-electron chi connectivity index (χ4n) is 1.59. The third-order valence-corrected chi connectivity index (χ3v) is 2.82. The molecule has 0 fully saturated rings. The highest BCUT2D eigenvalue weighted by Crippen LogP contribution is 2.19. The number of amides is 1. The van der Waals surface area contributed by atoms with E-state index in [9.17, 15) is 4.79 Å². The molecule has 0 heterocycles. The molecule has 0 aromatic heterocycles. The van der Waals surface area contributed by atoms with Gasteiger partial charge in [-0.3, -0.25) is 4.79 Å². The number of hydrogen-bond donors (Lipinski definition) is 0. The lowest BCUT2D eigenvalue weighted by Gasteiger charge is -2.18. The van der Waals surface area contributed by atoms with Crippen molar-refractivity contribution >= 4 is 17.5 Å². The van der Waals surface area contributed by atoms with E-state index in [4.69, 9.17) is 16.3 Å². The lowest BCUT2D eigenvalue weighted by atomic mass is 10.2. The first kappa shape index (κ1) is 13.8. The van der Waals surface area contributed by atoms with Crippen molar-refractivity contribution in [3.05, 3.63) is 29.8 Å². The van der Waals surface area contributed by atoms with Gasteiger partial charge >= 0.3 is 0 Å². The largest absolute Gasteiger partial charge is 0.496 e. The molecular formula is C13H18ClNO2. The number of halogens is 1. The molecule has 4 heteroatoms. The van der Waals surface area contributed by atoms with Crippen LogP contribution in [0.25, 0.3) is 0 Å². The first-order valence-electron chi connectivity index (χ1n) is 5.61. The summed E-state index contributed by atoms with van der Waals surface area (Å²) in [6, 6.07) is 7.71. The van der Waals surface area contributed by atoms with Crippen LogP contribution in [0.15, 0.2) is 24.3 Å². The average molecular weight is 256 g/mol. The van der Waals surface area contributed by atoms with Crippen LogP contribution in [0.4, 0.5) is 0 Å². The predicted octanol–water partition coefficient (Wildman–Crippen LogP) is 2.67. The van der Waals surface area contributed by atoms with E-state index in [0.717, 1.165) is 17.7 Å². The minimum atomic E-state index is 0.108. The van der Waals surface area contributed by atoms with Crippen molar-refractivity contribution in [2.75, 3.05) is 20.0 Å². The predicted molar refractivity (Wildman–Crippen MR) is 69.4 cm³/mol. The zero-order chi connectivity index (χ0) is 12.7. The number of ether oxygens (including phenoxy) is 1. The van der Waals surface area contributed by atoms with E-state index >= 15 is 0 Å². The number of benzene rings is 1. The zero-order valence-corrected chi connectivity index (χ0v) is 11.0.